The summed E-state index contributed by atoms with van der Waals surface area (Å²) in [5.74, 6) is 0. The molecule has 0 radical (unpaired) electrons. The number of hydrogen-bond donors (Lipinski definition) is 1. The van der Waals surface area contributed by atoms with Crippen LogP contribution >= 0.6 is 12.2 Å². The molecule has 0 aliphatic heterocycles. The molecule has 0 aromatic rings. The number of allylic oxidation sites excluding steroid dienone is 2. The Labute approximate surface area is 67.5 Å². The maximum absolute atomic E-state index is 4.72. The maximum Gasteiger partial charge on any atom is 0.0656 e. The minimum absolute atomic E-state index is 1.18. The number of nitrogens with one attached hydrogen (secondary N) is 1. The summed E-state index contributed by atoms with van der Waals surface area (Å²) in [6, 6.07) is 0. The summed E-state index contributed by atoms with van der Waals surface area (Å²) in [5, 5.41) is 3.10. The van der Waals surface area contributed by atoms with Gasteiger partial charge < -0.3 is 5.32 Å². The van der Waals surface area contributed by atoms with Gasteiger partial charge in [0, 0.05) is 5.70 Å². The molecule has 0 saturated carbocycles. The third-order valence-corrected chi connectivity index (χ3v) is 2.09. The molecule has 1 rings (SSSR count). The van der Waals surface area contributed by atoms with E-state index in [0.29, 0.717) is 0 Å². The van der Waals surface area contributed by atoms with Crippen molar-refractivity contribution in [3.63, 3.8) is 0 Å². The van der Waals surface area contributed by atoms with Crippen molar-refractivity contribution in [1.82, 2.24) is 5.32 Å². The van der Waals surface area contributed by atoms with Gasteiger partial charge in [0.1, 0.15) is 0 Å². The van der Waals surface area contributed by atoms with Gasteiger partial charge in [-0.2, -0.15) is 0 Å². The van der Waals surface area contributed by atoms with E-state index in [2.05, 4.69) is 12.2 Å². The topological polar surface area (TPSA) is 12.0 Å². The van der Waals surface area contributed by atoms with E-state index >= 15 is 0 Å². The van der Waals surface area contributed by atoms with Crippen LogP contribution in [0.25, 0.3) is 0 Å². The SMILES string of the molecule is CC1=C(NC=S)CCCC1. The maximum atomic E-state index is 4.72. The van der Waals surface area contributed by atoms with Crippen LogP contribution in [0.2, 0.25) is 0 Å². The summed E-state index contributed by atoms with van der Waals surface area (Å²) in [6.07, 6.45) is 5.07. The van der Waals surface area contributed by atoms with E-state index in [9.17, 15) is 0 Å². The van der Waals surface area contributed by atoms with E-state index < -0.39 is 0 Å². The average Bonchev–Trinajstić information content (AvgIpc) is 1.94. The molecule has 0 atom stereocenters. The molecule has 0 amide bonds. The lowest BCUT2D eigenvalue weighted by molar-refractivity contribution is 0.654. The lowest BCUT2D eigenvalue weighted by atomic mass is 9.98. The first kappa shape index (κ1) is 7.73. The summed E-state index contributed by atoms with van der Waals surface area (Å²) in [6.45, 7) is 2.18. The second-order valence-electron chi connectivity index (χ2n) is 2.73. The van der Waals surface area contributed by atoms with Crippen LogP contribution < -0.4 is 5.32 Å². The van der Waals surface area contributed by atoms with Crippen LogP contribution in [0.15, 0.2) is 11.3 Å². The minimum Gasteiger partial charge on any atom is -0.356 e. The molecule has 0 heterocycles. The first-order valence-corrected chi connectivity index (χ1v) is 4.20. The Balaban J connectivity index is 2.58. The molecule has 2 heteroatoms. The second-order valence-corrected chi connectivity index (χ2v) is 2.96. The number of thiocarbonyl (C=S) groups is 1. The van der Waals surface area contributed by atoms with Crippen LogP contribution in [0.3, 0.4) is 0 Å². The van der Waals surface area contributed by atoms with Crippen molar-refractivity contribution >= 4 is 17.7 Å². The van der Waals surface area contributed by atoms with Crippen molar-refractivity contribution in [3.8, 4) is 0 Å². The molecule has 0 aromatic heterocycles. The molecular formula is C8H13NS. The summed E-state index contributed by atoms with van der Waals surface area (Å²) in [5.41, 5.74) is 4.43. The van der Waals surface area contributed by atoms with Crippen molar-refractivity contribution in [2.45, 2.75) is 32.6 Å². The summed E-state index contributed by atoms with van der Waals surface area (Å²) in [7, 11) is 0. The monoisotopic (exact) mass is 155 g/mol. The zero-order valence-corrected chi connectivity index (χ0v) is 7.13. The lowest BCUT2D eigenvalue weighted by Crippen LogP contribution is -2.13. The Morgan fingerprint density at radius 3 is 2.70 bits per heavy atom. The molecule has 1 nitrogen and oxygen atoms in total. The van der Waals surface area contributed by atoms with Crippen LogP contribution in [0.1, 0.15) is 32.6 Å². The van der Waals surface area contributed by atoms with Crippen LogP contribution in [-0.4, -0.2) is 5.49 Å². The second kappa shape index (κ2) is 3.71. The third-order valence-electron chi connectivity index (χ3n) is 1.98. The highest BCUT2D eigenvalue weighted by Crippen LogP contribution is 2.21. The lowest BCUT2D eigenvalue weighted by Gasteiger charge is -2.16. The Kier molecular flexibility index (Phi) is 2.87. The fourth-order valence-electron chi connectivity index (χ4n) is 1.32. The van der Waals surface area contributed by atoms with E-state index in [1.807, 2.05) is 0 Å². The molecule has 0 saturated heterocycles. The predicted octanol–water partition coefficient (Wildman–Crippen LogP) is 2.38. The highest BCUT2D eigenvalue weighted by molar-refractivity contribution is 7.78. The smallest absolute Gasteiger partial charge is 0.0656 e. The van der Waals surface area contributed by atoms with Crippen molar-refractivity contribution < 1.29 is 0 Å². The molecule has 0 unspecified atom stereocenters. The zero-order valence-electron chi connectivity index (χ0n) is 6.31. The van der Waals surface area contributed by atoms with Gasteiger partial charge in [-0.25, -0.2) is 0 Å². The molecule has 0 fully saturated rings. The van der Waals surface area contributed by atoms with Crippen LogP contribution in [0.5, 0.6) is 0 Å². The normalized spacial score (nSPS) is 18.9. The van der Waals surface area contributed by atoms with Crippen LogP contribution in [-0.2, 0) is 0 Å². The average molecular weight is 155 g/mol. The molecule has 1 N–H and O–H groups in total. The third kappa shape index (κ3) is 1.81. The molecular weight excluding hydrogens is 142 g/mol. The van der Waals surface area contributed by atoms with Crippen molar-refractivity contribution in [3.05, 3.63) is 11.3 Å². The van der Waals surface area contributed by atoms with Gasteiger partial charge in [0.15, 0.2) is 0 Å². The highest BCUT2D eigenvalue weighted by atomic mass is 32.1. The van der Waals surface area contributed by atoms with Crippen molar-refractivity contribution in [2.75, 3.05) is 0 Å². The Morgan fingerprint density at radius 1 is 1.40 bits per heavy atom. The van der Waals surface area contributed by atoms with Gasteiger partial charge in [-0.05, 0) is 32.6 Å². The standard InChI is InChI=1S/C8H13NS/c1-7-4-2-3-5-8(7)9-6-10/h6H,2-5H2,1H3,(H,9,10). The van der Waals surface area contributed by atoms with Gasteiger partial charge in [0.05, 0.1) is 5.49 Å². The first-order valence-electron chi connectivity index (χ1n) is 3.73. The van der Waals surface area contributed by atoms with Gasteiger partial charge in [-0.15, -0.1) is 0 Å². The molecule has 1 aliphatic rings. The fourth-order valence-corrected chi connectivity index (χ4v) is 1.46. The van der Waals surface area contributed by atoms with E-state index in [1.54, 1.807) is 5.49 Å². The molecule has 10 heavy (non-hydrogen) atoms. The van der Waals surface area contributed by atoms with Crippen molar-refractivity contribution in [1.29, 1.82) is 0 Å². The van der Waals surface area contributed by atoms with E-state index in [-0.39, 0.29) is 0 Å². The van der Waals surface area contributed by atoms with Crippen LogP contribution in [0.4, 0.5) is 0 Å². The molecule has 0 aromatic carbocycles. The van der Waals surface area contributed by atoms with Gasteiger partial charge in [0.25, 0.3) is 0 Å². The van der Waals surface area contributed by atoms with E-state index in [4.69, 9.17) is 12.2 Å². The molecule has 1 aliphatic carbocycles. The van der Waals surface area contributed by atoms with Gasteiger partial charge >= 0.3 is 0 Å². The Hall–Kier alpha value is -0.370. The van der Waals surface area contributed by atoms with Gasteiger partial charge in [-0.3, -0.25) is 0 Å². The number of rotatable bonds is 2. The van der Waals surface area contributed by atoms with Gasteiger partial charge in [-0.1, -0.05) is 17.8 Å². The first-order chi connectivity index (χ1) is 4.84. The highest BCUT2D eigenvalue weighted by Gasteiger charge is 2.06. The Bertz CT molecular complexity index is 161. The fraction of sp³-hybridized carbons (Fsp3) is 0.625. The largest absolute Gasteiger partial charge is 0.356 e. The molecule has 0 bridgehead atoms. The van der Waals surface area contributed by atoms with Crippen LogP contribution in [0, 0.1) is 0 Å². The summed E-state index contributed by atoms with van der Waals surface area (Å²) >= 11 is 4.72. The van der Waals surface area contributed by atoms with Crippen molar-refractivity contribution in [2.24, 2.45) is 0 Å². The number of hydrogen-bond acceptors (Lipinski definition) is 1. The van der Waals surface area contributed by atoms with Gasteiger partial charge in [0.2, 0.25) is 0 Å². The quantitative estimate of drug-likeness (QED) is 0.614. The predicted molar refractivity (Wildman–Crippen MR) is 48.0 cm³/mol. The van der Waals surface area contributed by atoms with E-state index in [0.717, 1.165) is 0 Å². The summed E-state index contributed by atoms with van der Waals surface area (Å²) in [4.78, 5) is 0. The minimum atomic E-state index is 1.18. The Morgan fingerprint density at radius 2 is 2.10 bits per heavy atom. The van der Waals surface area contributed by atoms with E-state index in [1.165, 1.54) is 37.0 Å². The summed E-state index contributed by atoms with van der Waals surface area (Å²) < 4.78 is 0. The molecule has 56 valence electrons. The molecule has 0 spiro atoms. The zero-order chi connectivity index (χ0) is 7.40.